The molecule has 2 N–H and O–H groups in total. The molecule has 1 aromatic carbocycles. The highest BCUT2D eigenvalue weighted by molar-refractivity contribution is 9.10. The second-order valence-electron chi connectivity index (χ2n) is 5.41. The summed E-state index contributed by atoms with van der Waals surface area (Å²) in [5.41, 5.74) is 2.61. The smallest absolute Gasteiger partial charge is 0.175 e. The standard InChI is InChI=1S/C16H16BrN5S/c1-10(2)22-15-11(8-19-22)6-14(9-18-15)21-16(23)20-13-5-3-4-12(17)7-13/h3-10H,1-2H3,(H2,20,21,23). The van der Waals surface area contributed by atoms with Crippen molar-refractivity contribution in [1.29, 1.82) is 0 Å². The van der Waals surface area contributed by atoms with Gasteiger partial charge in [-0.3, -0.25) is 0 Å². The number of benzene rings is 1. The van der Waals surface area contributed by atoms with E-state index in [0.29, 0.717) is 5.11 Å². The lowest BCUT2D eigenvalue weighted by molar-refractivity contribution is 0.546. The molecule has 0 aliphatic heterocycles. The maximum Gasteiger partial charge on any atom is 0.175 e. The van der Waals surface area contributed by atoms with Crippen LogP contribution in [0, 0.1) is 0 Å². The van der Waals surface area contributed by atoms with Gasteiger partial charge in [-0.05, 0) is 50.3 Å². The van der Waals surface area contributed by atoms with E-state index in [1.54, 1.807) is 6.20 Å². The molecule has 0 aliphatic rings. The zero-order chi connectivity index (χ0) is 16.4. The number of hydrogen-bond donors (Lipinski definition) is 2. The summed E-state index contributed by atoms with van der Waals surface area (Å²) in [6.07, 6.45) is 3.58. The number of thiocarbonyl (C=S) groups is 1. The Morgan fingerprint density at radius 2 is 1.96 bits per heavy atom. The van der Waals surface area contributed by atoms with Crippen molar-refractivity contribution < 1.29 is 0 Å². The van der Waals surface area contributed by atoms with Crippen LogP contribution in [-0.2, 0) is 0 Å². The van der Waals surface area contributed by atoms with Gasteiger partial charge < -0.3 is 10.6 Å². The van der Waals surface area contributed by atoms with Gasteiger partial charge in [-0.1, -0.05) is 22.0 Å². The van der Waals surface area contributed by atoms with Crippen LogP contribution in [-0.4, -0.2) is 19.9 Å². The number of rotatable bonds is 3. The Morgan fingerprint density at radius 3 is 2.70 bits per heavy atom. The van der Waals surface area contributed by atoms with Gasteiger partial charge in [0, 0.05) is 21.6 Å². The first-order chi connectivity index (χ1) is 11.0. The van der Waals surface area contributed by atoms with Crippen LogP contribution in [0.3, 0.4) is 0 Å². The predicted molar refractivity (Wildman–Crippen MR) is 102 cm³/mol. The zero-order valence-corrected chi connectivity index (χ0v) is 15.1. The third-order valence-corrected chi connectivity index (χ3v) is 3.96. The van der Waals surface area contributed by atoms with Crippen LogP contribution in [0.1, 0.15) is 19.9 Å². The number of nitrogens with one attached hydrogen (secondary N) is 2. The van der Waals surface area contributed by atoms with Gasteiger partial charge in [-0.25, -0.2) is 9.67 Å². The first-order valence-corrected chi connectivity index (χ1v) is 8.40. The summed E-state index contributed by atoms with van der Waals surface area (Å²) in [6, 6.07) is 10.1. The van der Waals surface area contributed by atoms with Gasteiger partial charge in [-0.2, -0.15) is 5.10 Å². The highest BCUT2D eigenvalue weighted by atomic mass is 79.9. The Bertz CT molecular complexity index is 859. The van der Waals surface area contributed by atoms with Crippen molar-refractivity contribution in [2.24, 2.45) is 0 Å². The lowest BCUT2D eigenvalue weighted by Gasteiger charge is -2.11. The molecule has 0 saturated carbocycles. The maximum absolute atomic E-state index is 5.34. The summed E-state index contributed by atoms with van der Waals surface area (Å²) >= 11 is 8.78. The van der Waals surface area contributed by atoms with Gasteiger partial charge >= 0.3 is 0 Å². The Hall–Kier alpha value is -1.99. The van der Waals surface area contributed by atoms with E-state index < -0.39 is 0 Å². The van der Waals surface area contributed by atoms with Crippen LogP contribution in [0.4, 0.5) is 11.4 Å². The average Bonchev–Trinajstić information content (AvgIpc) is 2.90. The highest BCUT2D eigenvalue weighted by Crippen LogP contribution is 2.20. The zero-order valence-electron chi connectivity index (χ0n) is 12.7. The van der Waals surface area contributed by atoms with Crippen molar-refractivity contribution in [2.75, 3.05) is 10.6 Å². The summed E-state index contributed by atoms with van der Waals surface area (Å²) < 4.78 is 2.89. The van der Waals surface area contributed by atoms with Crippen LogP contribution in [0.15, 0.2) is 47.2 Å². The normalized spacial score (nSPS) is 11.0. The molecule has 2 aromatic heterocycles. The molecule has 3 rings (SSSR count). The van der Waals surface area contributed by atoms with E-state index in [1.807, 2.05) is 41.2 Å². The molecule has 0 aliphatic carbocycles. The number of aromatic nitrogens is 3. The number of nitrogens with zero attached hydrogens (tertiary/aromatic N) is 3. The minimum atomic E-state index is 0.276. The second kappa shape index (κ2) is 6.64. The Labute approximate surface area is 148 Å². The number of fused-ring (bicyclic) bond motifs is 1. The molecule has 7 heteroatoms. The Kier molecular flexibility index (Phi) is 4.58. The van der Waals surface area contributed by atoms with Gasteiger partial charge in [0.2, 0.25) is 0 Å². The highest BCUT2D eigenvalue weighted by Gasteiger charge is 2.08. The largest absolute Gasteiger partial charge is 0.332 e. The second-order valence-corrected chi connectivity index (χ2v) is 6.73. The van der Waals surface area contributed by atoms with Gasteiger partial charge in [0.1, 0.15) is 0 Å². The van der Waals surface area contributed by atoms with Crippen LogP contribution < -0.4 is 10.6 Å². The van der Waals surface area contributed by atoms with E-state index in [0.717, 1.165) is 26.9 Å². The number of hydrogen-bond acceptors (Lipinski definition) is 3. The fourth-order valence-electron chi connectivity index (χ4n) is 2.25. The molecule has 5 nitrogen and oxygen atoms in total. The molecule has 118 valence electrons. The molecule has 0 radical (unpaired) electrons. The lowest BCUT2D eigenvalue weighted by atomic mass is 10.3. The molecule has 0 amide bonds. The van der Waals surface area contributed by atoms with Crippen molar-refractivity contribution >= 4 is 55.7 Å². The minimum absolute atomic E-state index is 0.276. The SMILES string of the molecule is CC(C)n1ncc2cc(NC(=S)Nc3cccc(Br)c3)cnc21. The first kappa shape index (κ1) is 15.9. The molecular weight excluding hydrogens is 374 g/mol. The topological polar surface area (TPSA) is 54.8 Å². The fourth-order valence-corrected chi connectivity index (χ4v) is 2.88. The maximum atomic E-state index is 5.34. The number of pyridine rings is 1. The first-order valence-electron chi connectivity index (χ1n) is 7.20. The van der Waals surface area contributed by atoms with Crippen LogP contribution in [0.5, 0.6) is 0 Å². The monoisotopic (exact) mass is 389 g/mol. The van der Waals surface area contributed by atoms with E-state index in [4.69, 9.17) is 12.2 Å². The molecule has 0 saturated heterocycles. The summed E-state index contributed by atoms with van der Waals surface area (Å²) in [7, 11) is 0. The van der Waals surface area contributed by atoms with Gasteiger partial charge in [0.05, 0.1) is 18.1 Å². The van der Waals surface area contributed by atoms with E-state index >= 15 is 0 Å². The molecule has 0 unspecified atom stereocenters. The van der Waals surface area contributed by atoms with E-state index in [1.165, 1.54) is 0 Å². The fraction of sp³-hybridized carbons (Fsp3) is 0.188. The van der Waals surface area contributed by atoms with Gasteiger partial charge in [-0.15, -0.1) is 0 Å². The number of halogens is 1. The predicted octanol–water partition coefficient (Wildman–Crippen LogP) is 4.58. The van der Waals surface area contributed by atoms with E-state index in [-0.39, 0.29) is 6.04 Å². The van der Waals surface area contributed by atoms with Crippen LogP contribution in [0.25, 0.3) is 11.0 Å². The molecule has 0 fully saturated rings. The Balaban J connectivity index is 1.75. The van der Waals surface area contributed by atoms with E-state index in [9.17, 15) is 0 Å². The molecule has 0 spiro atoms. The number of anilines is 2. The Morgan fingerprint density at radius 1 is 1.17 bits per heavy atom. The third kappa shape index (κ3) is 3.68. The van der Waals surface area contributed by atoms with Crippen molar-refractivity contribution in [3.63, 3.8) is 0 Å². The van der Waals surface area contributed by atoms with Crippen molar-refractivity contribution in [3.05, 3.63) is 47.2 Å². The summed E-state index contributed by atoms with van der Waals surface area (Å²) in [6.45, 7) is 4.16. The summed E-state index contributed by atoms with van der Waals surface area (Å²) in [5.74, 6) is 0. The molecule has 2 heterocycles. The van der Waals surface area contributed by atoms with Gasteiger partial charge in [0.25, 0.3) is 0 Å². The molecule has 0 bridgehead atoms. The lowest BCUT2D eigenvalue weighted by Crippen LogP contribution is -2.19. The van der Waals surface area contributed by atoms with Crippen molar-refractivity contribution in [1.82, 2.24) is 14.8 Å². The average molecular weight is 390 g/mol. The summed E-state index contributed by atoms with van der Waals surface area (Å²) in [4.78, 5) is 4.48. The molecule has 23 heavy (non-hydrogen) atoms. The van der Waals surface area contributed by atoms with Crippen LogP contribution >= 0.6 is 28.1 Å². The molecule has 3 aromatic rings. The van der Waals surface area contributed by atoms with Gasteiger partial charge in [0.15, 0.2) is 10.8 Å². The molecular formula is C16H16BrN5S. The minimum Gasteiger partial charge on any atom is -0.332 e. The quantitative estimate of drug-likeness (QED) is 0.641. The third-order valence-electron chi connectivity index (χ3n) is 3.26. The van der Waals surface area contributed by atoms with Crippen molar-refractivity contribution in [3.8, 4) is 0 Å². The van der Waals surface area contributed by atoms with E-state index in [2.05, 4.69) is 50.5 Å². The van der Waals surface area contributed by atoms with Crippen LogP contribution in [0.2, 0.25) is 0 Å². The molecule has 0 atom stereocenters. The summed E-state index contributed by atoms with van der Waals surface area (Å²) in [5, 5.41) is 12.2. The van der Waals surface area contributed by atoms with Crippen molar-refractivity contribution in [2.45, 2.75) is 19.9 Å².